The van der Waals surface area contributed by atoms with Gasteiger partial charge >= 0.3 is 0 Å². The molecule has 0 bridgehead atoms. The number of fused-ring (bicyclic) bond motifs is 3. The Morgan fingerprint density at radius 1 is 0.929 bits per heavy atom. The van der Waals surface area contributed by atoms with Crippen molar-refractivity contribution in [3.63, 3.8) is 0 Å². The average molecular weight is 199 g/mol. The lowest BCUT2D eigenvalue weighted by atomic mass is 10.1. The molecule has 0 spiro atoms. The lowest BCUT2D eigenvalue weighted by molar-refractivity contribution is -0.265. The molecule has 0 saturated carbocycles. The highest BCUT2D eigenvalue weighted by atomic mass is 32.1. The van der Waals surface area contributed by atoms with E-state index in [2.05, 4.69) is 6.07 Å². The molecular weight excluding hydrogens is 192 g/mol. The minimum absolute atomic E-state index is 0.121. The summed E-state index contributed by atoms with van der Waals surface area (Å²) in [6.07, 6.45) is 0. The molecule has 1 aromatic heterocycles. The number of thiophene rings is 1. The molecule has 68 valence electrons. The molecule has 0 aliphatic rings. The average Bonchev–Trinajstić information content (AvgIpc) is 2.65. The van der Waals surface area contributed by atoms with E-state index in [1.807, 2.05) is 29.6 Å². The van der Waals surface area contributed by atoms with Gasteiger partial charge in [-0.3, -0.25) is 0 Å². The quantitative estimate of drug-likeness (QED) is 0.545. The van der Waals surface area contributed by atoms with Gasteiger partial charge in [-0.05, 0) is 27.6 Å². The van der Waals surface area contributed by atoms with Gasteiger partial charge in [-0.25, -0.2) is 0 Å². The lowest BCUT2D eigenvalue weighted by Crippen LogP contribution is -1.89. The van der Waals surface area contributed by atoms with Crippen molar-refractivity contribution in [2.75, 3.05) is 0 Å². The van der Waals surface area contributed by atoms with E-state index in [1.54, 1.807) is 17.4 Å². The molecule has 3 aromatic rings. The van der Waals surface area contributed by atoms with Crippen LogP contribution < -0.4 is 5.11 Å². The van der Waals surface area contributed by atoms with Gasteiger partial charge in [0.1, 0.15) is 0 Å². The van der Waals surface area contributed by atoms with Crippen molar-refractivity contribution in [3.05, 3.63) is 41.8 Å². The summed E-state index contributed by atoms with van der Waals surface area (Å²) in [6, 6.07) is 11.5. The van der Waals surface area contributed by atoms with E-state index in [1.165, 1.54) is 0 Å². The summed E-state index contributed by atoms with van der Waals surface area (Å²) in [5.74, 6) is 0.121. The molecule has 2 heteroatoms. The summed E-state index contributed by atoms with van der Waals surface area (Å²) in [5, 5.41) is 16.8. The van der Waals surface area contributed by atoms with Crippen LogP contribution in [0.2, 0.25) is 0 Å². The van der Waals surface area contributed by atoms with Crippen molar-refractivity contribution in [3.8, 4) is 5.75 Å². The van der Waals surface area contributed by atoms with Crippen LogP contribution >= 0.6 is 11.3 Å². The number of benzene rings is 2. The van der Waals surface area contributed by atoms with Crippen LogP contribution in [-0.2, 0) is 0 Å². The Hall–Kier alpha value is -1.54. The van der Waals surface area contributed by atoms with Crippen LogP contribution in [0.5, 0.6) is 5.75 Å². The Labute approximate surface area is 85.2 Å². The maximum Gasteiger partial charge on any atom is 0.0414 e. The van der Waals surface area contributed by atoms with Crippen LogP contribution in [-0.4, -0.2) is 0 Å². The van der Waals surface area contributed by atoms with E-state index in [-0.39, 0.29) is 5.75 Å². The van der Waals surface area contributed by atoms with Gasteiger partial charge in [-0.2, -0.15) is 0 Å². The molecule has 0 aliphatic carbocycles. The number of hydrogen-bond acceptors (Lipinski definition) is 2. The SMILES string of the molecule is [O-]c1cccc2ccc3ccsc3c12. The Balaban J connectivity index is 2.67. The fourth-order valence-electron chi connectivity index (χ4n) is 1.76. The molecule has 0 amide bonds. The van der Waals surface area contributed by atoms with Crippen LogP contribution in [0.1, 0.15) is 0 Å². The fraction of sp³-hybridized carbons (Fsp3) is 0. The summed E-state index contributed by atoms with van der Waals surface area (Å²) >= 11 is 1.63. The topological polar surface area (TPSA) is 23.1 Å². The highest BCUT2D eigenvalue weighted by Crippen LogP contribution is 2.33. The van der Waals surface area contributed by atoms with E-state index in [4.69, 9.17) is 0 Å². The molecule has 0 unspecified atom stereocenters. The summed E-state index contributed by atoms with van der Waals surface area (Å²) in [6.45, 7) is 0. The smallest absolute Gasteiger partial charge is 0.0414 e. The van der Waals surface area contributed by atoms with Gasteiger partial charge in [0.15, 0.2) is 0 Å². The third-order valence-electron chi connectivity index (χ3n) is 2.42. The second kappa shape index (κ2) is 2.72. The van der Waals surface area contributed by atoms with Crippen molar-refractivity contribution in [2.45, 2.75) is 0 Å². The van der Waals surface area contributed by atoms with E-state index in [9.17, 15) is 5.11 Å². The van der Waals surface area contributed by atoms with E-state index in [0.29, 0.717) is 0 Å². The molecule has 1 heterocycles. The molecule has 0 aliphatic heterocycles. The molecule has 14 heavy (non-hydrogen) atoms. The second-order valence-electron chi connectivity index (χ2n) is 3.26. The van der Waals surface area contributed by atoms with E-state index >= 15 is 0 Å². The molecule has 0 radical (unpaired) electrons. The zero-order chi connectivity index (χ0) is 9.54. The third kappa shape index (κ3) is 0.946. The van der Waals surface area contributed by atoms with Crippen molar-refractivity contribution in [2.24, 2.45) is 0 Å². The number of hydrogen-bond donors (Lipinski definition) is 0. The first kappa shape index (κ1) is 7.83. The van der Waals surface area contributed by atoms with Gasteiger partial charge in [-0.1, -0.05) is 36.1 Å². The van der Waals surface area contributed by atoms with Crippen LogP contribution in [0.15, 0.2) is 41.8 Å². The molecular formula is C12H7OS-. The zero-order valence-corrected chi connectivity index (χ0v) is 8.17. The summed E-state index contributed by atoms with van der Waals surface area (Å²) in [4.78, 5) is 0. The molecule has 0 fully saturated rings. The van der Waals surface area contributed by atoms with Crippen LogP contribution in [0.25, 0.3) is 20.9 Å². The third-order valence-corrected chi connectivity index (χ3v) is 3.37. The Kier molecular flexibility index (Phi) is 1.52. The number of rotatable bonds is 0. The molecule has 1 nitrogen and oxygen atoms in total. The summed E-state index contributed by atoms with van der Waals surface area (Å²) in [5.41, 5.74) is 0. The van der Waals surface area contributed by atoms with Gasteiger partial charge in [0.2, 0.25) is 0 Å². The highest BCUT2D eigenvalue weighted by Gasteiger charge is 2.00. The Morgan fingerprint density at radius 3 is 2.71 bits per heavy atom. The van der Waals surface area contributed by atoms with Crippen molar-refractivity contribution in [1.29, 1.82) is 0 Å². The van der Waals surface area contributed by atoms with Gasteiger partial charge in [0.05, 0.1) is 0 Å². The molecule has 2 aromatic carbocycles. The normalized spacial score (nSPS) is 11.1. The standard InChI is InChI=1S/C12H8OS/c13-10-3-1-2-8-4-5-9-6-7-14-12(9)11(8)10/h1-7,13H/p-1. The molecule has 0 atom stereocenters. The Bertz CT molecular complexity index is 610. The predicted molar refractivity (Wildman–Crippen MR) is 58.8 cm³/mol. The van der Waals surface area contributed by atoms with Gasteiger partial charge in [-0.15, -0.1) is 11.3 Å². The van der Waals surface area contributed by atoms with Crippen LogP contribution in [0.4, 0.5) is 0 Å². The van der Waals surface area contributed by atoms with Crippen LogP contribution in [0.3, 0.4) is 0 Å². The second-order valence-corrected chi connectivity index (χ2v) is 4.17. The van der Waals surface area contributed by atoms with Crippen LogP contribution in [0, 0.1) is 0 Å². The molecule has 0 N–H and O–H groups in total. The summed E-state index contributed by atoms with van der Waals surface area (Å²) < 4.78 is 1.10. The maximum absolute atomic E-state index is 11.7. The first-order valence-electron chi connectivity index (χ1n) is 4.42. The zero-order valence-electron chi connectivity index (χ0n) is 7.36. The Morgan fingerprint density at radius 2 is 1.79 bits per heavy atom. The lowest BCUT2D eigenvalue weighted by Gasteiger charge is -2.10. The largest absolute Gasteiger partial charge is 0.872 e. The summed E-state index contributed by atoms with van der Waals surface area (Å²) in [7, 11) is 0. The minimum atomic E-state index is 0.121. The molecule has 3 rings (SSSR count). The van der Waals surface area contributed by atoms with Gasteiger partial charge in [0.25, 0.3) is 0 Å². The first-order valence-corrected chi connectivity index (χ1v) is 5.30. The van der Waals surface area contributed by atoms with Crippen molar-refractivity contribution in [1.82, 2.24) is 0 Å². The monoisotopic (exact) mass is 199 g/mol. The fourth-order valence-corrected chi connectivity index (χ4v) is 2.72. The highest BCUT2D eigenvalue weighted by molar-refractivity contribution is 7.18. The first-order chi connectivity index (χ1) is 6.86. The van der Waals surface area contributed by atoms with E-state index in [0.717, 1.165) is 20.9 Å². The maximum atomic E-state index is 11.7. The van der Waals surface area contributed by atoms with Gasteiger partial charge in [0, 0.05) is 4.70 Å². The van der Waals surface area contributed by atoms with Gasteiger partial charge < -0.3 is 5.11 Å². The molecule has 0 saturated heterocycles. The minimum Gasteiger partial charge on any atom is -0.872 e. The van der Waals surface area contributed by atoms with Crippen molar-refractivity contribution < 1.29 is 5.11 Å². The predicted octanol–water partition coefficient (Wildman–Crippen LogP) is 3.13. The van der Waals surface area contributed by atoms with E-state index < -0.39 is 0 Å². The van der Waals surface area contributed by atoms with Crippen molar-refractivity contribution >= 4 is 32.2 Å².